The van der Waals surface area contributed by atoms with Crippen molar-refractivity contribution in [3.63, 3.8) is 0 Å². The summed E-state index contributed by atoms with van der Waals surface area (Å²) in [4.78, 5) is 25.3. The molecule has 12 heteroatoms. The first-order valence-corrected chi connectivity index (χ1v) is 12.3. The molecule has 4 aromatic rings. The van der Waals surface area contributed by atoms with E-state index in [0.717, 1.165) is 0 Å². The number of para-hydroxylation sites is 3. The predicted octanol–water partition coefficient (Wildman–Crippen LogP) is 5.82. The molecular weight excluding hydrogens is 515 g/mol. The summed E-state index contributed by atoms with van der Waals surface area (Å²) >= 11 is 0. The van der Waals surface area contributed by atoms with E-state index in [0.29, 0.717) is 29.4 Å². The van der Waals surface area contributed by atoms with Gasteiger partial charge in [0.1, 0.15) is 23.8 Å². The lowest BCUT2D eigenvalue weighted by atomic mass is 9.89. The van der Waals surface area contributed by atoms with Crippen molar-refractivity contribution in [1.82, 2.24) is 24.8 Å². The first kappa shape index (κ1) is 26.3. The smallest absolute Gasteiger partial charge is 0.460 e. The number of carbonyl (C=O) groups excluding carboxylic acids is 1. The number of benzene rings is 2. The Balaban J connectivity index is 1.43. The molecule has 1 aliphatic carbocycles. The minimum absolute atomic E-state index is 0.0430. The van der Waals surface area contributed by atoms with Crippen LogP contribution < -0.4 is 14.8 Å². The van der Waals surface area contributed by atoms with Gasteiger partial charge in [0.05, 0.1) is 11.0 Å². The molecule has 2 heterocycles. The SMILES string of the molecule is CC(C)(C)OC(=O)NC1CC(Oc2ncc(-c3ccccc3OC(F)(F)F)c(-n3cnc4ccccc43)n2)C1. The van der Waals surface area contributed by atoms with E-state index < -0.39 is 18.1 Å². The van der Waals surface area contributed by atoms with Crippen LogP contribution in [0.4, 0.5) is 18.0 Å². The van der Waals surface area contributed by atoms with Crippen LogP contribution >= 0.6 is 0 Å². The van der Waals surface area contributed by atoms with Crippen LogP contribution in [0.15, 0.2) is 61.1 Å². The standard InChI is InChI=1S/C27H26F3N5O4/c1-26(2,3)39-25(36)33-16-12-17(13-16)37-24-31-14-19(18-8-4-7-11-22(18)38-27(28,29)30)23(34-24)35-15-32-20-9-5-6-10-21(20)35/h4-11,14-17H,12-13H2,1-3H3,(H,33,36). The van der Waals surface area contributed by atoms with Crippen LogP contribution in [0.2, 0.25) is 0 Å². The van der Waals surface area contributed by atoms with E-state index in [9.17, 15) is 18.0 Å². The molecule has 0 radical (unpaired) electrons. The quantitative estimate of drug-likeness (QED) is 0.329. The Kier molecular flexibility index (Phi) is 6.79. The van der Waals surface area contributed by atoms with Crippen molar-refractivity contribution in [2.24, 2.45) is 0 Å². The van der Waals surface area contributed by atoms with Crippen LogP contribution in [0.25, 0.3) is 28.0 Å². The van der Waals surface area contributed by atoms with Crippen LogP contribution in [0, 0.1) is 0 Å². The number of nitrogens with zero attached hydrogens (tertiary/aromatic N) is 4. The number of aromatic nitrogens is 4. The second kappa shape index (κ2) is 10.1. The van der Waals surface area contributed by atoms with E-state index in [1.54, 1.807) is 31.4 Å². The van der Waals surface area contributed by atoms with Crippen molar-refractivity contribution in [3.05, 3.63) is 61.1 Å². The number of nitrogens with one attached hydrogen (secondary N) is 1. The lowest BCUT2D eigenvalue weighted by Crippen LogP contribution is -2.50. The molecular formula is C27H26F3N5O4. The maximum absolute atomic E-state index is 13.1. The molecule has 9 nitrogen and oxygen atoms in total. The molecule has 0 bridgehead atoms. The van der Waals surface area contributed by atoms with Gasteiger partial charge in [-0.15, -0.1) is 13.2 Å². The lowest BCUT2D eigenvalue weighted by Gasteiger charge is -2.35. The molecule has 39 heavy (non-hydrogen) atoms. The van der Waals surface area contributed by atoms with E-state index in [2.05, 4.69) is 25.0 Å². The first-order valence-electron chi connectivity index (χ1n) is 12.3. The number of alkyl halides is 3. The molecule has 1 aliphatic rings. The fourth-order valence-electron chi connectivity index (χ4n) is 4.22. The van der Waals surface area contributed by atoms with Gasteiger partial charge in [-0.05, 0) is 39.0 Å². The third kappa shape index (κ3) is 6.21. The average Bonchev–Trinajstić information content (AvgIpc) is 3.25. The molecule has 0 saturated heterocycles. The highest BCUT2D eigenvalue weighted by Gasteiger charge is 2.35. The summed E-state index contributed by atoms with van der Waals surface area (Å²) in [6.07, 6.45) is -1.65. The number of hydrogen-bond donors (Lipinski definition) is 1. The number of imidazole rings is 1. The number of ether oxygens (including phenoxy) is 3. The number of rotatable bonds is 6. The van der Waals surface area contributed by atoms with Crippen molar-refractivity contribution >= 4 is 17.1 Å². The highest BCUT2D eigenvalue weighted by Crippen LogP contribution is 2.37. The summed E-state index contributed by atoms with van der Waals surface area (Å²) < 4.78 is 56.6. The zero-order chi connectivity index (χ0) is 27.8. The van der Waals surface area contributed by atoms with Crippen molar-refractivity contribution in [2.75, 3.05) is 0 Å². The highest BCUT2D eigenvalue weighted by molar-refractivity contribution is 5.81. The van der Waals surface area contributed by atoms with E-state index in [4.69, 9.17) is 9.47 Å². The zero-order valence-electron chi connectivity index (χ0n) is 21.4. The number of halogens is 3. The fourth-order valence-corrected chi connectivity index (χ4v) is 4.22. The van der Waals surface area contributed by atoms with Crippen LogP contribution in [0.1, 0.15) is 33.6 Å². The number of hydrogen-bond acceptors (Lipinski definition) is 7. The Morgan fingerprint density at radius 2 is 1.72 bits per heavy atom. The van der Waals surface area contributed by atoms with Gasteiger partial charge in [-0.1, -0.05) is 30.3 Å². The summed E-state index contributed by atoms with van der Waals surface area (Å²) in [5.74, 6) is -0.113. The van der Waals surface area contributed by atoms with Gasteiger partial charge in [0, 0.05) is 36.2 Å². The summed E-state index contributed by atoms with van der Waals surface area (Å²) in [5.41, 5.74) is 1.22. The topological polar surface area (TPSA) is 100 Å². The molecule has 0 aliphatic heterocycles. The second-order valence-electron chi connectivity index (χ2n) is 10.1. The van der Waals surface area contributed by atoms with Crippen molar-refractivity contribution in [1.29, 1.82) is 0 Å². The van der Waals surface area contributed by atoms with Crippen LogP contribution in [0.5, 0.6) is 11.8 Å². The molecule has 1 saturated carbocycles. The van der Waals surface area contributed by atoms with Gasteiger partial charge in [0.2, 0.25) is 0 Å². The minimum atomic E-state index is -4.88. The Morgan fingerprint density at radius 1 is 1.00 bits per heavy atom. The molecule has 0 atom stereocenters. The molecule has 1 fully saturated rings. The monoisotopic (exact) mass is 541 g/mol. The third-order valence-corrected chi connectivity index (χ3v) is 5.92. The largest absolute Gasteiger partial charge is 0.573 e. The second-order valence-corrected chi connectivity index (χ2v) is 10.1. The highest BCUT2D eigenvalue weighted by atomic mass is 19.4. The number of alkyl carbamates (subject to hydrolysis) is 1. The Labute approximate surface area is 221 Å². The normalized spacial score (nSPS) is 17.4. The van der Waals surface area contributed by atoms with Crippen LogP contribution in [-0.2, 0) is 4.74 Å². The molecule has 1 N–H and O–H groups in total. The molecule has 2 aromatic carbocycles. The number of amides is 1. The maximum atomic E-state index is 13.1. The first-order chi connectivity index (χ1) is 18.4. The van der Waals surface area contributed by atoms with Gasteiger partial charge in [-0.2, -0.15) is 4.98 Å². The predicted molar refractivity (Wildman–Crippen MR) is 136 cm³/mol. The molecule has 0 unspecified atom stereocenters. The van der Waals surface area contributed by atoms with Gasteiger partial charge in [0.25, 0.3) is 0 Å². The third-order valence-electron chi connectivity index (χ3n) is 5.92. The number of carbonyl (C=O) groups is 1. The van der Waals surface area contributed by atoms with Gasteiger partial charge >= 0.3 is 18.5 Å². The van der Waals surface area contributed by atoms with Crippen LogP contribution in [0.3, 0.4) is 0 Å². The van der Waals surface area contributed by atoms with Crippen molar-refractivity contribution < 1.29 is 32.2 Å². The van der Waals surface area contributed by atoms with Crippen LogP contribution in [-0.4, -0.2) is 49.7 Å². The van der Waals surface area contributed by atoms with Gasteiger partial charge < -0.3 is 19.5 Å². The van der Waals surface area contributed by atoms with E-state index in [1.165, 1.54) is 30.7 Å². The van der Waals surface area contributed by atoms with E-state index in [1.807, 2.05) is 24.3 Å². The maximum Gasteiger partial charge on any atom is 0.573 e. The molecule has 2 aromatic heterocycles. The fraction of sp³-hybridized carbons (Fsp3) is 0.333. The average molecular weight is 542 g/mol. The van der Waals surface area contributed by atoms with Gasteiger partial charge in [-0.3, -0.25) is 4.57 Å². The summed E-state index contributed by atoms with van der Waals surface area (Å²) in [6.45, 7) is 5.36. The molecule has 1 amide bonds. The summed E-state index contributed by atoms with van der Waals surface area (Å²) in [7, 11) is 0. The van der Waals surface area contributed by atoms with E-state index in [-0.39, 0.29) is 35.3 Å². The number of fused-ring (bicyclic) bond motifs is 1. The Morgan fingerprint density at radius 3 is 2.46 bits per heavy atom. The van der Waals surface area contributed by atoms with Gasteiger partial charge in [-0.25, -0.2) is 14.8 Å². The van der Waals surface area contributed by atoms with Crippen molar-refractivity contribution in [2.45, 2.75) is 57.7 Å². The van der Waals surface area contributed by atoms with Gasteiger partial charge in [0.15, 0.2) is 5.82 Å². The lowest BCUT2D eigenvalue weighted by molar-refractivity contribution is -0.274. The Hall–Kier alpha value is -4.35. The molecule has 0 spiro atoms. The molecule has 5 rings (SSSR count). The minimum Gasteiger partial charge on any atom is -0.460 e. The Bertz CT molecular complexity index is 1490. The summed E-state index contributed by atoms with van der Waals surface area (Å²) in [6, 6.07) is 13.0. The van der Waals surface area contributed by atoms with Crippen molar-refractivity contribution in [3.8, 4) is 28.7 Å². The molecule has 204 valence electrons. The summed E-state index contributed by atoms with van der Waals surface area (Å²) in [5, 5.41) is 2.80. The van der Waals surface area contributed by atoms with E-state index >= 15 is 0 Å². The zero-order valence-corrected chi connectivity index (χ0v) is 21.4.